The van der Waals surface area contributed by atoms with E-state index in [1.165, 1.54) is 31.4 Å². The molecule has 0 aliphatic carbocycles. The van der Waals surface area contributed by atoms with Crippen LogP contribution >= 0.6 is 0 Å². The van der Waals surface area contributed by atoms with E-state index in [4.69, 9.17) is 5.73 Å². The van der Waals surface area contributed by atoms with Crippen molar-refractivity contribution < 1.29 is 30.8 Å². The number of anilines is 4. The Hall–Kier alpha value is -4.01. The average molecular weight is 513 g/mol. The molecule has 0 atom stereocenters. The molecule has 35 heavy (non-hydrogen) atoms. The van der Waals surface area contributed by atoms with Crippen molar-refractivity contribution in [2.75, 3.05) is 28.2 Å². The monoisotopic (exact) mass is 513 g/mol. The first-order chi connectivity index (χ1) is 16.3. The van der Waals surface area contributed by atoms with Crippen molar-refractivity contribution in [1.29, 1.82) is 0 Å². The predicted molar refractivity (Wildman–Crippen MR) is 120 cm³/mol. The van der Waals surface area contributed by atoms with Gasteiger partial charge in [0.1, 0.15) is 17.2 Å². The summed E-state index contributed by atoms with van der Waals surface area (Å²) in [6.07, 6.45) is -1.95. The van der Waals surface area contributed by atoms with Gasteiger partial charge >= 0.3 is 6.18 Å². The molecule has 0 unspecified atom stereocenters. The standard InChI is InChI=1S/C20H19F4N7O3S/c1-31(35(2,33)34)16-4-3-7-26-15(16)10-27-18-13(20(22,23)24)9-28-19(30-18)29-11-5-6-12(17(25)32)14(21)8-11/h3-9H,10H2,1-2H3,(H2,25,32)(H2,27,28,29,30). The Morgan fingerprint density at radius 1 is 1.20 bits per heavy atom. The number of sulfonamides is 1. The van der Waals surface area contributed by atoms with Crippen LogP contribution in [0.1, 0.15) is 21.6 Å². The van der Waals surface area contributed by atoms with Gasteiger partial charge in [-0.05, 0) is 30.3 Å². The molecule has 0 fully saturated rings. The molecule has 15 heteroatoms. The van der Waals surface area contributed by atoms with Gasteiger partial charge in [-0.1, -0.05) is 0 Å². The Labute approximate surface area is 197 Å². The van der Waals surface area contributed by atoms with Gasteiger partial charge in [-0.2, -0.15) is 18.2 Å². The highest BCUT2D eigenvalue weighted by Gasteiger charge is 2.35. The van der Waals surface area contributed by atoms with E-state index in [9.17, 15) is 30.8 Å². The number of primary amides is 1. The first-order valence-electron chi connectivity index (χ1n) is 9.69. The van der Waals surface area contributed by atoms with Gasteiger partial charge in [-0.15, -0.1) is 0 Å². The highest BCUT2D eigenvalue weighted by molar-refractivity contribution is 7.92. The summed E-state index contributed by atoms with van der Waals surface area (Å²) < 4.78 is 79.3. The van der Waals surface area contributed by atoms with Gasteiger partial charge in [0.25, 0.3) is 5.91 Å². The molecule has 2 aromatic heterocycles. The molecule has 1 aromatic carbocycles. The second-order valence-corrected chi connectivity index (χ2v) is 9.20. The quantitative estimate of drug-likeness (QED) is 0.390. The molecule has 2 heterocycles. The van der Waals surface area contributed by atoms with Crippen LogP contribution in [0.15, 0.2) is 42.7 Å². The lowest BCUT2D eigenvalue weighted by Crippen LogP contribution is -2.26. The van der Waals surface area contributed by atoms with E-state index < -0.39 is 39.3 Å². The second kappa shape index (κ2) is 9.69. The number of pyridine rings is 1. The van der Waals surface area contributed by atoms with Crippen LogP contribution in [0.3, 0.4) is 0 Å². The Bertz CT molecular complexity index is 1370. The molecule has 3 aromatic rings. The molecule has 0 aliphatic rings. The number of nitrogens with two attached hydrogens (primary N) is 1. The number of hydrogen-bond donors (Lipinski definition) is 3. The average Bonchev–Trinajstić information content (AvgIpc) is 2.76. The lowest BCUT2D eigenvalue weighted by atomic mass is 10.2. The predicted octanol–water partition coefficient (Wildman–Crippen LogP) is 2.88. The number of hydrogen-bond acceptors (Lipinski definition) is 8. The third kappa shape index (κ3) is 6.11. The number of benzene rings is 1. The first-order valence-corrected chi connectivity index (χ1v) is 11.5. The SMILES string of the molecule is CN(c1cccnc1CNc1nc(Nc2ccc(C(N)=O)c(F)c2)ncc1C(F)(F)F)S(C)(=O)=O. The maximum Gasteiger partial charge on any atom is 0.421 e. The van der Waals surface area contributed by atoms with Crippen molar-refractivity contribution >= 4 is 39.1 Å². The Morgan fingerprint density at radius 2 is 1.91 bits per heavy atom. The second-order valence-electron chi connectivity index (χ2n) is 7.19. The Morgan fingerprint density at radius 3 is 2.51 bits per heavy atom. The third-order valence-electron chi connectivity index (χ3n) is 4.71. The van der Waals surface area contributed by atoms with Gasteiger partial charge < -0.3 is 16.4 Å². The van der Waals surface area contributed by atoms with Crippen LogP contribution < -0.4 is 20.7 Å². The van der Waals surface area contributed by atoms with Gasteiger partial charge in [-0.25, -0.2) is 17.8 Å². The molecule has 0 saturated carbocycles. The molecular weight excluding hydrogens is 494 g/mol. The maximum atomic E-state index is 14.0. The number of carbonyl (C=O) groups is 1. The van der Waals surface area contributed by atoms with E-state index in [2.05, 4.69) is 25.6 Å². The van der Waals surface area contributed by atoms with Crippen LogP contribution in [0.25, 0.3) is 0 Å². The minimum atomic E-state index is -4.81. The lowest BCUT2D eigenvalue weighted by Gasteiger charge is -2.20. The van der Waals surface area contributed by atoms with Crippen LogP contribution in [-0.2, 0) is 22.7 Å². The number of rotatable bonds is 8. The molecule has 4 N–H and O–H groups in total. The van der Waals surface area contributed by atoms with E-state index in [1.54, 1.807) is 0 Å². The van der Waals surface area contributed by atoms with Crippen molar-refractivity contribution in [3.05, 3.63) is 65.4 Å². The smallest absolute Gasteiger partial charge is 0.366 e. The number of halogens is 4. The number of nitrogens with zero attached hydrogens (tertiary/aromatic N) is 4. The zero-order valence-electron chi connectivity index (χ0n) is 18.3. The fraction of sp³-hybridized carbons (Fsp3) is 0.200. The molecule has 0 spiro atoms. The number of aromatic nitrogens is 3. The number of carbonyl (C=O) groups excluding carboxylic acids is 1. The summed E-state index contributed by atoms with van der Waals surface area (Å²) in [4.78, 5) is 22.7. The normalized spacial score (nSPS) is 11.7. The zero-order valence-corrected chi connectivity index (χ0v) is 19.1. The highest BCUT2D eigenvalue weighted by atomic mass is 32.2. The number of nitrogens with one attached hydrogen (secondary N) is 2. The zero-order chi connectivity index (χ0) is 26.0. The van der Waals surface area contributed by atoms with Gasteiger partial charge in [0.15, 0.2) is 0 Å². The molecule has 1 amide bonds. The van der Waals surface area contributed by atoms with Crippen LogP contribution in [0.4, 0.5) is 40.7 Å². The fourth-order valence-corrected chi connectivity index (χ4v) is 3.43. The highest BCUT2D eigenvalue weighted by Crippen LogP contribution is 2.34. The fourth-order valence-electron chi connectivity index (χ4n) is 2.90. The lowest BCUT2D eigenvalue weighted by molar-refractivity contribution is -0.137. The molecular formula is C20H19F4N7O3S. The molecule has 0 saturated heterocycles. The van der Waals surface area contributed by atoms with Crippen LogP contribution in [-0.4, -0.2) is 42.6 Å². The molecule has 3 rings (SSSR count). The summed E-state index contributed by atoms with van der Waals surface area (Å²) in [5.41, 5.74) is 3.86. The van der Waals surface area contributed by atoms with Gasteiger partial charge in [-0.3, -0.25) is 14.1 Å². The minimum absolute atomic E-state index is 0.0556. The van der Waals surface area contributed by atoms with E-state index in [0.29, 0.717) is 6.20 Å². The van der Waals surface area contributed by atoms with Crippen LogP contribution in [0.2, 0.25) is 0 Å². The summed E-state index contributed by atoms with van der Waals surface area (Å²) in [6, 6.07) is 6.22. The Kier molecular flexibility index (Phi) is 7.09. The molecule has 0 aliphatic heterocycles. The minimum Gasteiger partial charge on any atom is -0.366 e. The van der Waals surface area contributed by atoms with E-state index in [-0.39, 0.29) is 35.1 Å². The summed E-state index contributed by atoms with van der Waals surface area (Å²) >= 11 is 0. The van der Waals surface area contributed by atoms with Crippen molar-refractivity contribution in [2.45, 2.75) is 12.7 Å². The summed E-state index contributed by atoms with van der Waals surface area (Å²) in [6.45, 7) is -0.308. The third-order valence-corrected chi connectivity index (χ3v) is 5.90. The summed E-state index contributed by atoms with van der Waals surface area (Å²) in [5, 5.41) is 5.07. The molecule has 0 bridgehead atoms. The van der Waals surface area contributed by atoms with Crippen molar-refractivity contribution in [1.82, 2.24) is 15.0 Å². The van der Waals surface area contributed by atoms with Gasteiger partial charge in [0.2, 0.25) is 16.0 Å². The van der Waals surface area contributed by atoms with Crippen LogP contribution in [0, 0.1) is 5.82 Å². The topological polar surface area (TPSA) is 143 Å². The summed E-state index contributed by atoms with van der Waals surface area (Å²) in [5.74, 6) is -2.85. The van der Waals surface area contributed by atoms with Crippen LogP contribution in [0.5, 0.6) is 0 Å². The number of alkyl halides is 3. The molecule has 0 radical (unpaired) electrons. The van der Waals surface area contributed by atoms with E-state index >= 15 is 0 Å². The van der Waals surface area contributed by atoms with Gasteiger partial charge in [0.05, 0.1) is 29.7 Å². The number of amides is 1. The van der Waals surface area contributed by atoms with E-state index in [1.807, 2.05) is 0 Å². The Balaban J connectivity index is 1.92. The van der Waals surface area contributed by atoms with Crippen molar-refractivity contribution in [3.63, 3.8) is 0 Å². The van der Waals surface area contributed by atoms with Crippen molar-refractivity contribution in [3.8, 4) is 0 Å². The first kappa shape index (κ1) is 25.6. The largest absolute Gasteiger partial charge is 0.421 e. The molecule has 186 valence electrons. The van der Waals surface area contributed by atoms with E-state index in [0.717, 1.165) is 22.7 Å². The summed E-state index contributed by atoms with van der Waals surface area (Å²) in [7, 11) is -2.37. The van der Waals surface area contributed by atoms with Crippen molar-refractivity contribution in [2.24, 2.45) is 5.73 Å². The maximum absolute atomic E-state index is 14.0. The van der Waals surface area contributed by atoms with Gasteiger partial charge in [0, 0.05) is 25.1 Å². The molecule has 10 nitrogen and oxygen atoms in total.